The molecule has 0 aliphatic carbocycles. The third-order valence-electron chi connectivity index (χ3n) is 1.60. The van der Waals surface area contributed by atoms with Crippen molar-refractivity contribution in [3.8, 4) is 6.07 Å². The highest BCUT2D eigenvalue weighted by atomic mass is 31.0. The van der Waals surface area contributed by atoms with Crippen LogP contribution in [0.1, 0.15) is 27.7 Å². The summed E-state index contributed by atoms with van der Waals surface area (Å²) >= 11 is 0. The largest absolute Gasteiger partial charge is 0.345 e. The molecule has 4 nitrogen and oxygen atoms in total. The van der Waals surface area contributed by atoms with Crippen molar-refractivity contribution < 1.29 is 4.52 Å². The van der Waals surface area contributed by atoms with Gasteiger partial charge in [-0.2, -0.15) is 5.26 Å². The normalized spacial score (nSPS) is 15.6. The van der Waals surface area contributed by atoms with Gasteiger partial charge in [0.1, 0.15) is 12.3 Å². The summed E-state index contributed by atoms with van der Waals surface area (Å²) in [5, 5.41) is 15.2. The van der Waals surface area contributed by atoms with Gasteiger partial charge < -0.3 is 4.52 Å². The fourth-order valence-electron chi connectivity index (χ4n) is 1.09. The lowest BCUT2D eigenvalue weighted by atomic mass is 10.2. The molecule has 0 aliphatic heterocycles. The van der Waals surface area contributed by atoms with Crippen LogP contribution in [0.3, 0.4) is 0 Å². The lowest BCUT2D eigenvalue weighted by Crippen LogP contribution is -2.51. The number of rotatable bonds is 6. The van der Waals surface area contributed by atoms with Crippen molar-refractivity contribution in [3.63, 3.8) is 0 Å². The van der Waals surface area contributed by atoms with Crippen molar-refractivity contribution in [2.45, 2.75) is 52.0 Å². The van der Waals surface area contributed by atoms with E-state index < -0.39 is 0 Å². The highest BCUT2D eigenvalue weighted by molar-refractivity contribution is 7.09. The van der Waals surface area contributed by atoms with Gasteiger partial charge in [0.25, 0.3) is 0 Å². The molecule has 0 bridgehead atoms. The minimum Gasteiger partial charge on any atom is -0.345 e. The average molecular weight is 217 g/mol. The minimum absolute atomic E-state index is 0.260. The van der Waals surface area contributed by atoms with Crippen LogP contribution in [0.15, 0.2) is 0 Å². The molecule has 0 aliphatic rings. The van der Waals surface area contributed by atoms with Crippen LogP contribution in [0.4, 0.5) is 0 Å². The maximum absolute atomic E-state index is 8.95. The predicted octanol–water partition coefficient (Wildman–Crippen LogP) is 1.01. The highest BCUT2D eigenvalue weighted by Crippen LogP contribution is 2.03. The van der Waals surface area contributed by atoms with E-state index in [2.05, 4.69) is 26.2 Å². The standard InChI is InChI=1S/C9H20N3OP/c1-6(2)11-8(5-10)9(13-14)12-7(3)4/h6-9,11-12H,14H2,1-4H3. The lowest BCUT2D eigenvalue weighted by molar-refractivity contribution is 0.150. The second-order valence-corrected chi connectivity index (χ2v) is 4.08. The van der Waals surface area contributed by atoms with Crippen molar-refractivity contribution in [1.82, 2.24) is 10.6 Å². The Labute approximate surface area is 88.7 Å². The second kappa shape index (κ2) is 7.14. The zero-order valence-corrected chi connectivity index (χ0v) is 10.4. The van der Waals surface area contributed by atoms with E-state index in [4.69, 9.17) is 9.79 Å². The molecule has 0 spiro atoms. The number of hydrogen-bond donors (Lipinski definition) is 2. The summed E-state index contributed by atoms with van der Waals surface area (Å²) in [7, 11) is 2.19. The molecule has 3 unspecified atom stereocenters. The van der Waals surface area contributed by atoms with Crippen LogP contribution in [0.25, 0.3) is 0 Å². The Kier molecular flexibility index (Phi) is 7.04. The van der Waals surface area contributed by atoms with Crippen molar-refractivity contribution in [2.75, 3.05) is 0 Å². The summed E-state index contributed by atoms with van der Waals surface area (Å²) in [5.41, 5.74) is 0. The Morgan fingerprint density at radius 1 is 1.14 bits per heavy atom. The SMILES string of the molecule is CC(C)NC(C#N)C(NC(C)C)OP. The van der Waals surface area contributed by atoms with E-state index in [0.717, 1.165) is 0 Å². The molecule has 3 atom stereocenters. The molecule has 0 saturated heterocycles. The summed E-state index contributed by atoms with van der Waals surface area (Å²) in [5.74, 6) is 0. The number of hydrogen-bond acceptors (Lipinski definition) is 4. The van der Waals surface area contributed by atoms with E-state index in [1.54, 1.807) is 0 Å². The maximum atomic E-state index is 8.95. The molecule has 0 aromatic heterocycles. The van der Waals surface area contributed by atoms with Crippen molar-refractivity contribution in [2.24, 2.45) is 0 Å². The van der Waals surface area contributed by atoms with Crippen LogP contribution in [-0.4, -0.2) is 24.4 Å². The van der Waals surface area contributed by atoms with Gasteiger partial charge in [0.2, 0.25) is 0 Å². The quantitative estimate of drug-likeness (QED) is 0.515. The summed E-state index contributed by atoms with van der Waals surface area (Å²) in [6, 6.07) is 2.38. The van der Waals surface area contributed by atoms with Gasteiger partial charge in [-0.15, -0.1) is 0 Å². The van der Waals surface area contributed by atoms with Crippen LogP contribution in [0.5, 0.6) is 0 Å². The Morgan fingerprint density at radius 2 is 1.64 bits per heavy atom. The highest BCUT2D eigenvalue weighted by Gasteiger charge is 2.21. The Morgan fingerprint density at radius 3 is 1.93 bits per heavy atom. The van der Waals surface area contributed by atoms with Gasteiger partial charge in [0.15, 0.2) is 0 Å². The molecule has 82 valence electrons. The Balaban J connectivity index is 4.23. The first kappa shape index (κ1) is 13.8. The van der Waals surface area contributed by atoms with E-state index in [0.29, 0.717) is 0 Å². The molecular weight excluding hydrogens is 197 g/mol. The van der Waals surface area contributed by atoms with Crippen molar-refractivity contribution >= 4 is 9.47 Å². The lowest BCUT2D eigenvalue weighted by Gasteiger charge is -2.25. The van der Waals surface area contributed by atoms with E-state index in [-0.39, 0.29) is 24.4 Å². The van der Waals surface area contributed by atoms with Crippen LogP contribution in [-0.2, 0) is 4.52 Å². The first-order chi connectivity index (χ1) is 6.51. The summed E-state index contributed by atoms with van der Waals surface area (Å²) in [6.07, 6.45) is -0.299. The molecule has 0 radical (unpaired) electrons. The maximum Gasteiger partial charge on any atom is 0.140 e. The molecule has 0 aromatic carbocycles. The van der Waals surface area contributed by atoms with Gasteiger partial charge in [-0.05, 0) is 27.7 Å². The van der Waals surface area contributed by atoms with Gasteiger partial charge in [-0.3, -0.25) is 10.6 Å². The molecule has 0 rings (SSSR count). The van der Waals surface area contributed by atoms with Crippen molar-refractivity contribution in [3.05, 3.63) is 0 Å². The molecule has 5 heteroatoms. The Bertz CT molecular complexity index is 191. The Hall–Kier alpha value is -0.200. The molecule has 0 fully saturated rings. The number of nitrogens with zero attached hydrogens (tertiary/aromatic N) is 1. The summed E-state index contributed by atoms with van der Waals surface area (Å²) in [4.78, 5) is 0. The monoisotopic (exact) mass is 217 g/mol. The fourth-order valence-corrected chi connectivity index (χ4v) is 1.33. The first-order valence-corrected chi connectivity index (χ1v) is 5.25. The van der Waals surface area contributed by atoms with Gasteiger partial charge in [-0.1, -0.05) is 0 Å². The molecular formula is C9H20N3OP. The molecule has 0 heterocycles. The van der Waals surface area contributed by atoms with Gasteiger partial charge in [0.05, 0.1) is 6.07 Å². The topological polar surface area (TPSA) is 57.1 Å². The molecule has 2 N–H and O–H groups in total. The number of nitrogens with one attached hydrogen (secondary N) is 2. The predicted molar refractivity (Wildman–Crippen MR) is 60.5 cm³/mol. The third-order valence-corrected chi connectivity index (χ3v) is 1.89. The zero-order valence-electron chi connectivity index (χ0n) is 9.24. The third kappa shape index (κ3) is 5.51. The smallest absolute Gasteiger partial charge is 0.140 e. The van der Waals surface area contributed by atoms with E-state index in [1.807, 2.05) is 27.7 Å². The van der Waals surface area contributed by atoms with E-state index >= 15 is 0 Å². The van der Waals surface area contributed by atoms with Gasteiger partial charge >= 0.3 is 0 Å². The second-order valence-electron chi connectivity index (χ2n) is 3.81. The van der Waals surface area contributed by atoms with E-state index in [9.17, 15) is 0 Å². The van der Waals surface area contributed by atoms with Gasteiger partial charge in [-0.25, -0.2) is 0 Å². The molecule has 0 saturated carbocycles. The summed E-state index contributed by atoms with van der Waals surface area (Å²) in [6.45, 7) is 8.03. The van der Waals surface area contributed by atoms with Gasteiger partial charge in [0, 0.05) is 21.6 Å². The average Bonchev–Trinajstić information content (AvgIpc) is 2.10. The van der Waals surface area contributed by atoms with Crippen LogP contribution < -0.4 is 10.6 Å². The molecule has 14 heavy (non-hydrogen) atoms. The summed E-state index contributed by atoms with van der Waals surface area (Å²) < 4.78 is 5.14. The van der Waals surface area contributed by atoms with E-state index in [1.165, 1.54) is 0 Å². The van der Waals surface area contributed by atoms with Crippen molar-refractivity contribution in [1.29, 1.82) is 5.26 Å². The minimum atomic E-state index is -0.338. The van der Waals surface area contributed by atoms with Crippen LogP contribution >= 0.6 is 9.47 Å². The number of nitriles is 1. The zero-order chi connectivity index (χ0) is 11.1. The molecule has 0 amide bonds. The molecule has 0 aromatic rings. The van der Waals surface area contributed by atoms with Crippen LogP contribution in [0, 0.1) is 11.3 Å². The van der Waals surface area contributed by atoms with Crippen LogP contribution in [0.2, 0.25) is 0 Å². The first-order valence-electron chi connectivity index (χ1n) is 4.78. The fraction of sp³-hybridized carbons (Fsp3) is 0.889.